The van der Waals surface area contributed by atoms with E-state index < -0.39 is 23.5 Å². The number of hydrogen-bond acceptors (Lipinski definition) is 5. The third-order valence-corrected chi connectivity index (χ3v) is 3.93. The van der Waals surface area contributed by atoms with Gasteiger partial charge in [0.25, 0.3) is 5.91 Å². The highest BCUT2D eigenvalue weighted by Crippen LogP contribution is 2.28. The van der Waals surface area contributed by atoms with E-state index in [0.29, 0.717) is 16.9 Å². The number of fused-ring (bicyclic) bond motifs is 1. The molecular weight excluding hydrogens is 326 g/mol. The van der Waals surface area contributed by atoms with Crippen molar-refractivity contribution in [2.24, 2.45) is 5.92 Å². The monoisotopic (exact) mass is 347 g/mol. The molecule has 1 heterocycles. The summed E-state index contributed by atoms with van der Waals surface area (Å²) in [6, 6.07) is 3.87. The molecule has 0 bridgehead atoms. The van der Waals surface area contributed by atoms with Crippen LogP contribution in [0.15, 0.2) is 27.4 Å². The first-order valence-electron chi connectivity index (χ1n) is 7.89. The molecule has 2 rings (SSSR count). The van der Waals surface area contributed by atoms with E-state index in [2.05, 4.69) is 5.32 Å². The molecular formula is C18H21NO6. The molecule has 1 amide bonds. The van der Waals surface area contributed by atoms with Crippen LogP contribution in [0.25, 0.3) is 11.0 Å². The minimum absolute atomic E-state index is 0.249. The van der Waals surface area contributed by atoms with Crippen LogP contribution in [-0.4, -0.2) is 29.6 Å². The molecule has 7 heteroatoms. The second-order valence-electron chi connectivity index (χ2n) is 6.23. The highest BCUT2D eigenvalue weighted by atomic mass is 16.5. The molecule has 134 valence electrons. The molecule has 0 saturated carbocycles. The second-order valence-corrected chi connectivity index (χ2v) is 6.23. The van der Waals surface area contributed by atoms with E-state index in [9.17, 15) is 14.4 Å². The summed E-state index contributed by atoms with van der Waals surface area (Å²) in [7, 11) is 0. The zero-order valence-electron chi connectivity index (χ0n) is 14.6. The number of nitrogens with one attached hydrogen (secondary N) is 1. The number of ether oxygens (including phenoxy) is 1. The Kier molecular flexibility index (Phi) is 5.46. The summed E-state index contributed by atoms with van der Waals surface area (Å²) in [5.74, 6) is -1.48. The van der Waals surface area contributed by atoms with Crippen molar-refractivity contribution in [1.82, 2.24) is 5.32 Å². The van der Waals surface area contributed by atoms with Gasteiger partial charge in [0.2, 0.25) is 0 Å². The SMILES string of the molecule is Cc1cc(=O)oc2c(C)c(OCC(=O)N[C@@H](C(=O)O)C(C)C)ccc12. The van der Waals surface area contributed by atoms with E-state index in [-0.39, 0.29) is 12.5 Å². The smallest absolute Gasteiger partial charge is 0.336 e. The predicted molar refractivity (Wildman–Crippen MR) is 91.9 cm³/mol. The van der Waals surface area contributed by atoms with E-state index in [4.69, 9.17) is 14.3 Å². The van der Waals surface area contributed by atoms with Crippen molar-refractivity contribution in [3.05, 3.63) is 39.7 Å². The molecule has 0 spiro atoms. The number of carbonyl (C=O) groups is 2. The average molecular weight is 347 g/mol. The van der Waals surface area contributed by atoms with Gasteiger partial charge in [-0.3, -0.25) is 4.79 Å². The van der Waals surface area contributed by atoms with Gasteiger partial charge < -0.3 is 19.6 Å². The van der Waals surface area contributed by atoms with Gasteiger partial charge in [0.05, 0.1) is 0 Å². The Morgan fingerprint density at radius 3 is 2.56 bits per heavy atom. The van der Waals surface area contributed by atoms with Crippen LogP contribution in [0.2, 0.25) is 0 Å². The molecule has 1 atom stereocenters. The largest absolute Gasteiger partial charge is 0.483 e. The molecule has 0 aliphatic heterocycles. The number of carbonyl (C=O) groups excluding carboxylic acids is 1. The molecule has 0 unspecified atom stereocenters. The maximum Gasteiger partial charge on any atom is 0.336 e. The molecule has 1 aromatic heterocycles. The van der Waals surface area contributed by atoms with Gasteiger partial charge in [-0.2, -0.15) is 0 Å². The number of benzene rings is 1. The molecule has 7 nitrogen and oxygen atoms in total. The van der Waals surface area contributed by atoms with E-state index in [1.54, 1.807) is 32.9 Å². The highest BCUT2D eigenvalue weighted by molar-refractivity contribution is 5.86. The first-order valence-corrected chi connectivity index (χ1v) is 7.89. The number of aryl methyl sites for hydroxylation is 2. The second kappa shape index (κ2) is 7.38. The van der Waals surface area contributed by atoms with Crippen LogP contribution in [0, 0.1) is 19.8 Å². The maximum absolute atomic E-state index is 11.9. The summed E-state index contributed by atoms with van der Waals surface area (Å²) < 4.78 is 10.7. The fraction of sp³-hybridized carbons (Fsp3) is 0.389. The molecule has 25 heavy (non-hydrogen) atoms. The molecule has 0 aliphatic rings. The summed E-state index contributed by atoms with van der Waals surface area (Å²) in [6.45, 7) is 6.62. The lowest BCUT2D eigenvalue weighted by Crippen LogP contribution is -2.46. The Morgan fingerprint density at radius 2 is 1.96 bits per heavy atom. The Balaban J connectivity index is 2.16. The lowest BCUT2D eigenvalue weighted by Gasteiger charge is -2.18. The first-order chi connectivity index (χ1) is 11.7. The van der Waals surface area contributed by atoms with Crippen LogP contribution < -0.4 is 15.7 Å². The van der Waals surface area contributed by atoms with Crippen LogP contribution in [0.3, 0.4) is 0 Å². The van der Waals surface area contributed by atoms with Gasteiger partial charge in [0.1, 0.15) is 17.4 Å². The number of rotatable bonds is 6. The van der Waals surface area contributed by atoms with Crippen molar-refractivity contribution in [2.45, 2.75) is 33.7 Å². The van der Waals surface area contributed by atoms with Crippen LogP contribution in [0.5, 0.6) is 5.75 Å². The van der Waals surface area contributed by atoms with Crippen molar-refractivity contribution >= 4 is 22.8 Å². The Hall–Kier alpha value is -2.83. The van der Waals surface area contributed by atoms with Gasteiger partial charge in [-0.05, 0) is 37.5 Å². The van der Waals surface area contributed by atoms with Gasteiger partial charge in [0.15, 0.2) is 6.61 Å². The molecule has 0 radical (unpaired) electrons. The summed E-state index contributed by atoms with van der Waals surface area (Å²) in [6.07, 6.45) is 0. The highest BCUT2D eigenvalue weighted by Gasteiger charge is 2.23. The topological polar surface area (TPSA) is 106 Å². The summed E-state index contributed by atoms with van der Waals surface area (Å²) >= 11 is 0. The number of aliphatic carboxylic acids is 1. The molecule has 0 aliphatic carbocycles. The van der Waals surface area contributed by atoms with Crippen LogP contribution in [0.4, 0.5) is 0 Å². The fourth-order valence-corrected chi connectivity index (χ4v) is 2.53. The molecule has 0 fully saturated rings. The molecule has 2 N–H and O–H groups in total. The molecule has 2 aromatic rings. The normalized spacial score (nSPS) is 12.2. The van der Waals surface area contributed by atoms with E-state index in [1.165, 1.54) is 6.07 Å². The third-order valence-electron chi connectivity index (χ3n) is 3.93. The predicted octanol–water partition coefficient (Wildman–Crippen LogP) is 2.01. The quantitative estimate of drug-likeness (QED) is 0.774. The summed E-state index contributed by atoms with van der Waals surface area (Å²) in [5, 5.41) is 12.3. The third kappa shape index (κ3) is 4.17. The van der Waals surface area contributed by atoms with E-state index in [0.717, 1.165) is 10.9 Å². The van der Waals surface area contributed by atoms with Gasteiger partial charge in [-0.1, -0.05) is 13.8 Å². The fourth-order valence-electron chi connectivity index (χ4n) is 2.53. The number of carboxylic acid groups (broad SMARTS) is 1. The zero-order chi connectivity index (χ0) is 18.7. The Bertz CT molecular complexity index is 868. The number of amides is 1. The summed E-state index contributed by atoms with van der Waals surface area (Å²) in [4.78, 5) is 34.6. The lowest BCUT2D eigenvalue weighted by atomic mass is 10.1. The number of carboxylic acids is 1. The van der Waals surface area contributed by atoms with Crippen molar-refractivity contribution < 1.29 is 23.8 Å². The minimum Gasteiger partial charge on any atom is -0.483 e. The summed E-state index contributed by atoms with van der Waals surface area (Å²) in [5.41, 5.74) is 1.35. The molecule has 0 saturated heterocycles. The Labute approximate surface area is 144 Å². The van der Waals surface area contributed by atoms with E-state index in [1.807, 2.05) is 6.92 Å². The Morgan fingerprint density at radius 1 is 1.28 bits per heavy atom. The van der Waals surface area contributed by atoms with Gasteiger partial charge >= 0.3 is 11.6 Å². The van der Waals surface area contributed by atoms with Crippen LogP contribution >= 0.6 is 0 Å². The van der Waals surface area contributed by atoms with Crippen molar-refractivity contribution in [3.8, 4) is 5.75 Å². The van der Waals surface area contributed by atoms with Gasteiger partial charge in [-0.25, -0.2) is 9.59 Å². The van der Waals surface area contributed by atoms with Crippen molar-refractivity contribution in [1.29, 1.82) is 0 Å². The lowest BCUT2D eigenvalue weighted by molar-refractivity contribution is -0.143. The van der Waals surface area contributed by atoms with Gasteiger partial charge in [0, 0.05) is 17.0 Å². The van der Waals surface area contributed by atoms with Crippen LogP contribution in [0.1, 0.15) is 25.0 Å². The minimum atomic E-state index is -1.09. The standard InChI is InChI=1S/C18H21NO6/c1-9(2)16(18(22)23)19-14(20)8-24-13-6-5-12-10(3)7-15(21)25-17(12)11(13)4/h5-7,9,16H,8H2,1-4H3,(H,19,20)(H,22,23)/t16-/m1/s1. The molecule has 1 aromatic carbocycles. The van der Waals surface area contributed by atoms with Crippen LogP contribution in [-0.2, 0) is 9.59 Å². The number of hydrogen-bond donors (Lipinski definition) is 2. The maximum atomic E-state index is 11.9. The van der Waals surface area contributed by atoms with Crippen molar-refractivity contribution in [3.63, 3.8) is 0 Å². The van der Waals surface area contributed by atoms with Crippen molar-refractivity contribution in [2.75, 3.05) is 6.61 Å². The van der Waals surface area contributed by atoms with E-state index >= 15 is 0 Å². The zero-order valence-corrected chi connectivity index (χ0v) is 14.6. The van der Waals surface area contributed by atoms with Gasteiger partial charge in [-0.15, -0.1) is 0 Å². The average Bonchev–Trinajstić information content (AvgIpc) is 2.51. The first kappa shape index (κ1) is 18.5.